The van der Waals surface area contributed by atoms with Gasteiger partial charge in [-0.3, -0.25) is 4.79 Å². The van der Waals surface area contributed by atoms with Crippen molar-refractivity contribution < 1.29 is 19.0 Å². The van der Waals surface area contributed by atoms with Crippen molar-refractivity contribution in [1.82, 2.24) is 0 Å². The van der Waals surface area contributed by atoms with E-state index in [4.69, 9.17) is 9.84 Å². The van der Waals surface area contributed by atoms with Crippen molar-refractivity contribution in [2.75, 3.05) is 6.61 Å². The molecule has 98 valence electrons. The molecule has 0 aliphatic rings. The first kappa shape index (κ1) is 13.2. The number of Topliss-reactive ketones (excluding diaryl/α,β-unsaturated/α-hetero) is 1. The Morgan fingerprint density at radius 1 is 1.21 bits per heavy atom. The highest BCUT2D eigenvalue weighted by Gasteiger charge is 2.10. The van der Waals surface area contributed by atoms with Gasteiger partial charge < -0.3 is 9.84 Å². The van der Waals surface area contributed by atoms with Gasteiger partial charge in [-0.15, -0.1) is 0 Å². The Balaban J connectivity index is 2.22. The molecule has 0 heterocycles. The lowest BCUT2D eigenvalue weighted by molar-refractivity contribution is 0.0903. The number of aliphatic hydroxyl groups excluding tert-OH is 1. The van der Waals surface area contributed by atoms with Gasteiger partial charge in [0, 0.05) is 5.56 Å². The average Bonchev–Trinajstić information content (AvgIpc) is 2.42. The molecule has 0 saturated carbocycles. The first-order valence-corrected chi connectivity index (χ1v) is 5.78. The predicted molar refractivity (Wildman–Crippen MR) is 69.1 cm³/mol. The molecule has 2 rings (SSSR count). The molecule has 0 unspecified atom stereocenters. The molecule has 0 aliphatic heterocycles. The number of benzene rings is 2. The zero-order valence-electron chi connectivity index (χ0n) is 10.4. The molecular formula is C15H13FO3. The summed E-state index contributed by atoms with van der Waals surface area (Å²) in [5.74, 6) is -0.607. The minimum Gasteiger partial charge on any atom is -0.454 e. The molecule has 2 aromatic carbocycles. The topological polar surface area (TPSA) is 46.5 Å². The van der Waals surface area contributed by atoms with Gasteiger partial charge in [0.15, 0.2) is 17.3 Å². The Morgan fingerprint density at radius 3 is 2.47 bits per heavy atom. The lowest BCUT2D eigenvalue weighted by Gasteiger charge is -2.08. The van der Waals surface area contributed by atoms with Crippen LogP contribution < -0.4 is 4.74 Å². The summed E-state index contributed by atoms with van der Waals surface area (Å²) in [4.78, 5) is 11.2. The van der Waals surface area contributed by atoms with Crippen LogP contribution in [0.25, 0.3) is 0 Å². The zero-order valence-corrected chi connectivity index (χ0v) is 10.4. The van der Waals surface area contributed by atoms with E-state index < -0.39 is 18.2 Å². The third kappa shape index (κ3) is 3.17. The monoisotopic (exact) mass is 260 g/mol. The molecule has 3 nitrogen and oxygen atoms in total. The van der Waals surface area contributed by atoms with Gasteiger partial charge in [-0.05, 0) is 37.3 Å². The Labute approximate surface area is 110 Å². The van der Waals surface area contributed by atoms with Crippen LogP contribution in [0.5, 0.6) is 11.5 Å². The van der Waals surface area contributed by atoms with E-state index in [9.17, 15) is 9.18 Å². The number of carbonyl (C=O) groups is 1. The smallest absolute Gasteiger partial charge is 0.188 e. The number of hydrogen-bond donors (Lipinski definition) is 1. The maximum atomic E-state index is 13.8. The van der Waals surface area contributed by atoms with E-state index in [-0.39, 0.29) is 11.3 Å². The van der Waals surface area contributed by atoms with Crippen LogP contribution in [-0.2, 0) is 0 Å². The second-order valence-corrected chi connectivity index (χ2v) is 4.14. The van der Waals surface area contributed by atoms with Gasteiger partial charge in [0.1, 0.15) is 12.4 Å². The number of hydrogen-bond acceptors (Lipinski definition) is 3. The normalized spacial score (nSPS) is 10.3. The van der Waals surface area contributed by atoms with Crippen LogP contribution in [0.4, 0.5) is 4.39 Å². The van der Waals surface area contributed by atoms with Crippen LogP contribution in [0.3, 0.4) is 0 Å². The van der Waals surface area contributed by atoms with E-state index in [2.05, 4.69) is 0 Å². The molecule has 0 aromatic heterocycles. The molecule has 0 saturated heterocycles. The summed E-state index contributed by atoms with van der Waals surface area (Å²) in [6.45, 7) is 1.30. The number of halogens is 1. The summed E-state index contributed by atoms with van der Waals surface area (Å²) in [7, 11) is 0. The Kier molecular flexibility index (Phi) is 3.92. The van der Waals surface area contributed by atoms with Crippen LogP contribution >= 0.6 is 0 Å². The summed E-state index contributed by atoms with van der Waals surface area (Å²) in [6.07, 6.45) is 0. The quantitative estimate of drug-likeness (QED) is 0.859. The van der Waals surface area contributed by atoms with Crippen LogP contribution in [-0.4, -0.2) is 17.5 Å². The fraction of sp³-hybridized carbons (Fsp3) is 0.133. The molecule has 4 heteroatoms. The summed E-state index contributed by atoms with van der Waals surface area (Å²) in [6, 6.07) is 11.0. The van der Waals surface area contributed by atoms with Gasteiger partial charge in [-0.1, -0.05) is 17.7 Å². The van der Waals surface area contributed by atoms with Crippen LogP contribution in [0.15, 0.2) is 42.5 Å². The minimum absolute atomic E-state index is 0.0401. The molecule has 0 aliphatic carbocycles. The highest BCUT2D eigenvalue weighted by molar-refractivity contribution is 5.97. The van der Waals surface area contributed by atoms with Gasteiger partial charge in [0.2, 0.25) is 0 Å². The van der Waals surface area contributed by atoms with Gasteiger partial charge in [-0.25, -0.2) is 4.39 Å². The van der Waals surface area contributed by atoms with E-state index in [1.54, 1.807) is 12.1 Å². The SMILES string of the molecule is Cc1ccc(Oc2ccc(C(=O)CO)cc2F)cc1. The van der Waals surface area contributed by atoms with Crippen molar-refractivity contribution in [2.24, 2.45) is 0 Å². The molecule has 0 radical (unpaired) electrons. The first-order chi connectivity index (χ1) is 9.10. The number of ketones is 1. The molecule has 0 amide bonds. The van der Waals surface area contributed by atoms with Crippen LogP contribution in [0, 0.1) is 12.7 Å². The summed E-state index contributed by atoms with van der Waals surface area (Å²) < 4.78 is 19.1. The minimum atomic E-state index is -0.641. The lowest BCUT2D eigenvalue weighted by atomic mass is 10.1. The number of carbonyl (C=O) groups excluding carboxylic acids is 1. The molecule has 0 atom stereocenters. The summed E-state index contributed by atoms with van der Waals surface area (Å²) in [5, 5.41) is 8.71. The van der Waals surface area contributed by atoms with Gasteiger partial charge in [0.25, 0.3) is 0 Å². The Hall–Kier alpha value is -2.20. The molecule has 19 heavy (non-hydrogen) atoms. The molecule has 0 spiro atoms. The zero-order chi connectivity index (χ0) is 13.8. The number of rotatable bonds is 4. The van der Waals surface area contributed by atoms with Crippen molar-refractivity contribution in [1.29, 1.82) is 0 Å². The van der Waals surface area contributed by atoms with Crippen molar-refractivity contribution in [2.45, 2.75) is 6.92 Å². The largest absolute Gasteiger partial charge is 0.454 e. The second-order valence-electron chi connectivity index (χ2n) is 4.14. The van der Waals surface area contributed by atoms with E-state index in [0.29, 0.717) is 5.75 Å². The fourth-order valence-electron chi connectivity index (χ4n) is 1.58. The molecule has 0 bridgehead atoms. The van der Waals surface area contributed by atoms with Crippen molar-refractivity contribution >= 4 is 5.78 Å². The number of aryl methyl sites for hydroxylation is 1. The Bertz CT molecular complexity index is 591. The summed E-state index contributed by atoms with van der Waals surface area (Å²) in [5.41, 5.74) is 1.20. The van der Waals surface area contributed by atoms with E-state index in [1.807, 2.05) is 19.1 Å². The van der Waals surface area contributed by atoms with E-state index >= 15 is 0 Å². The van der Waals surface area contributed by atoms with E-state index in [1.165, 1.54) is 12.1 Å². The first-order valence-electron chi connectivity index (χ1n) is 5.78. The molecule has 0 fully saturated rings. The lowest BCUT2D eigenvalue weighted by Crippen LogP contribution is -2.04. The predicted octanol–water partition coefficient (Wildman–Crippen LogP) is 3.10. The third-order valence-electron chi connectivity index (χ3n) is 2.65. The fourth-order valence-corrected chi connectivity index (χ4v) is 1.58. The standard InChI is InChI=1S/C15H13FO3/c1-10-2-5-12(6-3-10)19-15-7-4-11(8-13(15)16)14(18)9-17/h2-8,17H,9H2,1H3. The van der Waals surface area contributed by atoms with Gasteiger partial charge in [0.05, 0.1) is 0 Å². The van der Waals surface area contributed by atoms with Gasteiger partial charge >= 0.3 is 0 Å². The third-order valence-corrected chi connectivity index (χ3v) is 2.65. The van der Waals surface area contributed by atoms with Gasteiger partial charge in [-0.2, -0.15) is 0 Å². The second kappa shape index (κ2) is 5.63. The summed E-state index contributed by atoms with van der Waals surface area (Å²) >= 11 is 0. The highest BCUT2D eigenvalue weighted by Crippen LogP contribution is 2.25. The molecule has 2 aromatic rings. The number of aliphatic hydroxyl groups is 1. The van der Waals surface area contributed by atoms with Crippen molar-refractivity contribution in [3.63, 3.8) is 0 Å². The Morgan fingerprint density at radius 2 is 1.89 bits per heavy atom. The molecular weight excluding hydrogens is 247 g/mol. The van der Waals surface area contributed by atoms with Crippen LogP contribution in [0.2, 0.25) is 0 Å². The maximum absolute atomic E-state index is 13.8. The van der Waals surface area contributed by atoms with E-state index in [0.717, 1.165) is 11.6 Å². The van der Waals surface area contributed by atoms with Crippen LogP contribution in [0.1, 0.15) is 15.9 Å². The highest BCUT2D eigenvalue weighted by atomic mass is 19.1. The average molecular weight is 260 g/mol. The van der Waals surface area contributed by atoms with Crippen molar-refractivity contribution in [3.05, 3.63) is 59.4 Å². The molecule has 1 N–H and O–H groups in total. The van der Waals surface area contributed by atoms with Crippen molar-refractivity contribution in [3.8, 4) is 11.5 Å². The maximum Gasteiger partial charge on any atom is 0.188 e. The number of ether oxygens (including phenoxy) is 1.